The van der Waals surface area contributed by atoms with Gasteiger partial charge in [-0.15, -0.1) is 0 Å². The second-order valence-electron chi connectivity index (χ2n) is 36.3. The van der Waals surface area contributed by atoms with Crippen molar-refractivity contribution in [3.05, 3.63) is 59.2 Å². The predicted octanol–water partition coefficient (Wildman–Crippen LogP) is 1.16. The van der Waals surface area contributed by atoms with Crippen molar-refractivity contribution in [2.75, 3.05) is 297 Å². The van der Waals surface area contributed by atoms with E-state index < -0.39 is 69.2 Å². The van der Waals surface area contributed by atoms with Crippen molar-refractivity contribution in [3.8, 4) is 46.0 Å². The summed E-state index contributed by atoms with van der Waals surface area (Å²) in [4.78, 5) is 64.4. The van der Waals surface area contributed by atoms with Gasteiger partial charge in [-0.2, -0.15) is 0 Å². The van der Waals surface area contributed by atoms with Crippen LogP contribution in [0.1, 0.15) is 141 Å². The molecule has 0 saturated carbocycles. The Morgan fingerprint density at radius 2 is 0.426 bits per heavy atom. The minimum atomic E-state index is -1.60. The molecule has 0 heterocycles. The molecule has 0 fully saturated rings. The quantitative estimate of drug-likeness (QED) is 0.0434. The molecule has 1 radical (unpaired) electrons. The average molecular weight is 2100 g/mol. The summed E-state index contributed by atoms with van der Waals surface area (Å²) in [5.74, 6) is -5.36. The standard InChI is InChI=1S/C95H161N3O36.Gd.Na/c1-90(2,3)129-53-41-114-29-23-108-35-47-120-79-61-75(62-80(121-48-36-109-24-30-115-42-54-130-91(4,5)6)88(79)124-51-39-112-27-33-118-45-57-133-94(13,14)15)71-126-77-59-74(73-128-87(107)70-98(69-86(105)106)22-20-96(66-83(99)100)19-21-97(67-84(101)102)68-85(103)104)60-78(65-77)127-72-76-63-81(122-49-37-110-25-31-116-43-55-131-92(7,8)9)89(125-52-40-113-28-34-119-46-58-134-95(16,17)18)82(64-76)123-50-38-111-26-32-117-44-56-132-93(10,11)12;;/h59-65H,19-58,66-73H2,1-18H3,(H,99,100)(H,101,102)(H,103,104)(H,105,106);;/q;+3;+1/p-4. The van der Waals surface area contributed by atoms with Crippen LogP contribution in [-0.2, 0) is 134 Å². The largest absolute Gasteiger partial charge is 3.00 e. The normalized spacial score (nSPS) is 12.1. The van der Waals surface area contributed by atoms with Crippen LogP contribution in [0.5, 0.6) is 46.0 Å². The van der Waals surface area contributed by atoms with Crippen LogP contribution >= 0.6 is 0 Å². The zero-order valence-electron chi connectivity index (χ0n) is 84.4. The molecule has 777 valence electrons. The van der Waals surface area contributed by atoms with E-state index in [1.807, 2.05) is 125 Å². The minimum Gasteiger partial charge on any atom is -0.549 e. The first kappa shape index (κ1) is 129. The van der Waals surface area contributed by atoms with Gasteiger partial charge in [-0.25, -0.2) is 0 Å². The molecule has 0 atom stereocenters. The van der Waals surface area contributed by atoms with Crippen LogP contribution in [0.4, 0.5) is 0 Å². The first-order chi connectivity index (χ1) is 63.5. The molecule has 0 aliphatic rings. The van der Waals surface area contributed by atoms with E-state index in [1.54, 1.807) is 42.5 Å². The van der Waals surface area contributed by atoms with E-state index in [0.717, 1.165) is 9.80 Å². The van der Waals surface area contributed by atoms with E-state index in [2.05, 4.69) is 0 Å². The molecule has 0 bridgehead atoms. The van der Waals surface area contributed by atoms with E-state index in [-0.39, 0.29) is 307 Å². The maximum Gasteiger partial charge on any atom is 3.00 e. The summed E-state index contributed by atoms with van der Waals surface area (Å²) in [6, 6.07) is 11.7. The fourth-order valence-corrected chi connectivity index (χ4v) is 11.4. The Hall–Kier alpha value is -5.11. The van der Waals surface area contributed by atoms with Crippen LogP contribution in [0.25, 0.3) is 0 Å². The summed E-state index contributed by atoms with van der Waals surface area (Å²) in [5.41, 5.74) is -0.539. The van der Waals surface area contributed by atoms with Gasteiger partial charge in [0, 0.05) is 58.4 Å². The van der Waals surface area contributed by atoms with Crippen molar-refractivity contribution in [1.82, 2.24) is 14.7 Å². The molecule has 136 heavy (non-hydrogen) atoms. The molecule has 0 saturated heterocycles. The van der Waals surface area contributed by atoms with E-state index in [9.17, 15) is 44.4 Å². The number of esters is 1. The third kappa shape index (κ3) is 74.8. The molecular formula is C95H157GdN3NaO36. The number of carbonyl (C=O) groups is 5. The molecule has 0 aromatic heterocycles. The molecule has 0 amide bonds. The molecule has 0 unspecified atom stereocenters. The van der Waals surface area contributed by atoms with Crippen LogP contribution in [-0.4, -0.2) is 375 Å². The first-order valence-corrected chi connectivity index (χ1v) is 45.9. The summed E-state index contributed by atoms with van der Waals surface area (Å²) >= 11 is 0. The van der Waals surface area contributed by atoms with Crippen molar-refractivity contribution in [2.45, 2.75) is 178 Å². The van der Waals surface area contributed by atoms with E-state index in [4.69, 9.17) is 128 Å². The van der Waals surface area contributed by atoms with Gasteiger partial charge in [0.25, 0.3) is 0 Å². The Balaban J connectivity index is 0.0000462. The average Bonchev–Trinajstić information content (AvgIpc) is 0.820. The number of carboxylic acid groups (broad SMARTS) is 4. The molecule has 41 heteroatoms. The summed E-state index contributed by atoms with van der Waals surface area (Å²) in [7, 11) is 0. The fraction of sp³-hybridized carbons (Fsp3) is 0.758. The number of hydrogen-bond donors (Lipinski definition) is 0. The Kier molecular flexibility index (Phi) is 70.9. The van der Waals surface area contributed by atoms with E-state index in [0.29, 0.717) is 136 Å². The summed E-state index contributed by atoms with van der Waals surface area (Å²) in [6.45, 7) is 39.2. The van der Waals surface area contributed by atoms with Gasteiger partial charge in [-0.3, -0.25) is 19.5 Å². The topological polar surface area (TPSA) is 437 Å². The molecule has 0 aliphatic heterocycles. The number of aliphatic carboxylic acids is 4. The molecule has 39 nitrogen and oxygen atoms in total. The zero-order valence-corrected chi connectivity index (χ0v) is 88.6. The molecule has 3 aromatic rings. The van der Waals surface area contributed by atoms with Crippen LogP contribution < -0.4 is 87.9 Å². The monoisotopic (exact) mass is 2100 g/mol. The maximum atomic E-state index is 14.0. The minimum absolute atomic E-state index is 0. The summed E-state index contributed by atoms with van der Waals surface area (Å²) in [5, 5.41) is 47.1. The predicted molar refractivity (Wildman–Crippen MR) is 484 cm³/mol. The molecule has 0 spiro atoms. The van der Waals surface area contributed by atoms with E-state index >= 15 is 0 Å². The van der Waals surface area contributed by atoms with Crippen LogP contribution in [0.3, 0.4) is 0 Å². The van der Waals surface area contributed by atoms with E-state index in [1.165, 1.54) is 4.90 Å². The Bertz CT molecular complexity index is 3330. The van der Waals surface area contributed by atoms with Gasteiger partial charge in [0.1, 0.15) is 71.0 Å². The van der Waals surface area contributed by atoms with Crippen LogP contribution in [0.2, 0.25) is 0 Å². The van der Waals surface area contributed by atoms with Gasteiger partial charge >= 0.3 is 75.5 Å². The smallest absolute Gasteiger partial charge is 0.549 e. The summed E-state index contributed by atoms with van der Waals surface area (Å²) in [6.07, 6.45) is 0. The first-order valence-electron chi connectivity index (χ1n) is 45.9. The second-order valence-corrected chi connectivity index (χ2v) is 36.3. The van der Waals surface area contributed by atoms with Gasteiger partial charge < -0.3 is 167 Å². The van der Waals surface area contributed by atoms with Gasteiger partial charge in [-0.05, 0) is 178 Å². The Morgan fingerprint density at radius 3 is 0.654 bits per heavy atom. The van der Waals surface area contributed by atoms with Gasteiger partial charge in [0.2, 0.25) is 11.5 Å². The second kappa shape index (κ2) is 74.8. The number of nitrogens with zero attached hydrogens (tertiary/aromatic N) is 3. The van der Waals surface area contributed by atoms with Crippen molar-refractivity contribution >= 4 is 29.8 Å². The summed E-state index contributed by atoms with van der Waals surface area (Å²) < 4.78 is 163. The fourth-order valence-electron chi connectivity index (χ4n) is 11.4. The molecule has 3 aromatic carbocycles. The van der Waals surface area contributed by atoms with Crippen molar-refractivity contribution in [1.29, 1.82) is 0 Å². The number of carbonyl (C=O) groups excluding carboxylic acids is 5. The third-order valence-corrected chi connectivity index (χ3v) is 17.2. The van der Waals surface area contributed by atoms with Gasteiger partial charge in [-0.1, -0.05) is 0 Å². The molecule has 3 rings (SSSR count). The van der Waals surface area contributed by atoms with Crippen molar-refractivity contribution in [3.63, 3.8) is 0 Å². The number of benzene rings is 3. The van der Waals surface area contributed by atoms with Crippen LogP contribution in [0, 0.1) is 39.9 Å². The third-order valence-electron chi connectivity index (χ3n) is 17.2. The Labute approximate surface area is 860 Å². The molecule has 0 N–H and O–H groups in total. The Morgan fingerprint density at radius 1 is 0.235 bits per heavy atom. The molecular weight excluding hydrogens is 1940 g/mol. The number of ether oxygens (including phenoxy) is 27. The number of rotatable bonds is 84. The molecule has 0 aliphatic carbocycles. The number of hydrogen-bond acceptors (Lipinski definition) is 39. The van der Waals surface area contributed by atoms with Gasteiger partial charge in [0.05, 0.1) is 262 Å². The van der Waals surface area contributed by atoms with Crippen LogP contribution in [0.15, 0.2) is 42.5 Å². The van der Waals surface area contributed by atoms with Gasteiger partial charge in [0.15, 0.2) is 23.0 Å². The van der Waals surface area contributed by atoms with Crippen molar-refractivity contribution < 1.29 is 242 Å². The maximum absolute atomic E-state index is 14.0. The number of carboxylic acids is 4. The SMILES string of the molecule is CC(C)(C)OCCOCCOCCOc1cc(COc2cc(COC(=O)CN(CCN(CCN(CC(=O)[O-])CC(=O)[O-])CC(=O)[O-])CC(=O)[O-])cc(OCc3cc(OCCOCCOCCOC(C)(C)C)c(OCCOCCOCCOC(C)(C)C)c(OCCOCCOCCOC(C)(C)C)c3)c2)cc(OCCOCCOCCOC(C)(C)C)c1OCCOCCOCCOC(C)(C)C.[Gd+3].[Na+]. The zero-order chi connectivity index (χ0) is 99.0. The van der Waals surface area contributed by atoms with Crippen molar-refractivity contribution in [2.24, 2.45) is 0 Å².